The molecule has 0 radical (unpaired) electrons. The van der Waals surface area contributed by atoms with Crippen LogP contribution < -0.4 is 4.74 Å². The van der Waals surface area contributed by atoms with Crippen molar-refractivity contribution in [2.24, 2.45) is 0 Å². The molecule has 2 rings (SSSR count). The third-order valence-electron chi connectivity index (χ3n) is 7.68. The molecule has 0 saturated heterocycles. The number of aliphatic hydroxyl groups excluding tert-OH is 2. The summed E-state index contributed by atoms with van der Waals surface area (Å²) in [4.78, 5) is 0. The van der Waals surface area contributed by atoms with Crippen LogP contribution in [0.4, 0.5) is 0 Å². The quantitative estimate of drug-likeness (QED) is 0.288. The molecule has 0 bridgehead atoms. The van der Waals surface area contributed by atoms with Crippen LogP contribution in [0.1, 0.15) is 94.0 Å². The minimum absolute atomic E-state index is 0.0807. The Kier molecular flexibility index (Phi) is 11.0. The first-order valence-electron chi connectivity index (χ1n) is 13.2. The average Bonchev–Trinajstić information content (AvgIpc) is 2.87. The summed E-state index contributed by atoms with van der Waals surface area (Å²) in [6.07, 6.45) is 7.87. The average molecular weight is 483 g/mol. The van der Waals surface area contributed by atoms with Gasteiger partial charge in [0, 0.05) is 12.0 Å². The molecule has 4 nitrogen and oxygen atoms in total. The summed E-state index contributed by atoms with van der Waals surface area (Å²) in [6, 6.07) is 13.1. The lowest BCUT2D eigenvalue weighted by Gasteiger charge is -2.34. The van der Waals surface area contributed by atoms with Crippen molar-refractivity contribution in [1.29, 1.82) is 0 Å². The Morgan fingerprint density at radius 2 is 1.49 bits per heavy atom. The molecule has 0 amide bonds. The molecule has 0 fully saturated rings. The van der Waals surface area contributed by atoms with Gasteiger partial charge in [-0.3, -0.25) is 0 Å². The third-order valence-corrected chi connectivity index (χ3v) is 7.68. The van der Waals surface area contributed by atoms with Gasteiger partial charge in [-0.05, 0) is 86.3 Å². The van der Waals surface area contributed by atoms with E-state index in [1.807, 2.05) is 26.0 Å². The van der Waals surface area contributed by atoms with Gasteiger partial charge >= 0.3 is 0 Å². The Morgan fingerprint density at radius 3 is 2.00 bits per heavy atom. The van der Waals surface area contributed by atoms with Gasteiger partial charge in [-0.25, -0.2) is 0 Å². The van der Waals surface area contributed by atoms with E-state index < -0.39 is 11.7 Å². The Hall–Kier alpha value is -2.14. The van der Waals surface area contributed by atoms with Crippen LogP contribution in [-0.2, 0) is 5.41 Å². The standard InChI is InChI=1S/C31H46O4/c1-7-30(34,8-2)18-17-25-13-14-26(20-23(25)5)31(9-3,10-4)27-15-16-29(24(6)21-27)35-22-28(33)12-11-19-32/h13-18,20-21,28,32-34H,7-12,19,22H2,1-6H3. The summed E-state index contributed by atoms with van der Waals surface area (Å²) >= 11 is 0. The predicted octanol–water partition coefficient (Wildman–Crippen LogP) is 6.49. The fraction of sp³-hybridized carbons (Fsp3) is 0.548. The number of aryl methyl sites for hydroxylation is 2. The molecular weight excluding hydrogens is 436 g/mol. The molecule has 0 spiro atoms. The largest absolute Gasteiger partial charge is 0.491 e. The molecule has 0 aliphatic heterocycles. The molecular formula is C31H46O4. The summed E-state index contributed by atoms with van der Waals surface area (Å²) in [5, 5.41) is 29.6. The SMILES string of the molecule is CCC(O)(C=Cc1ccc(C(CC)(CC)c2ccc(OCC(O)CCCO)c(C)c2)cc1C)CC. The molecule has 0 aliphatic rings. The zero-order chi connectivity index (χ0) is 26.1. The van der Waals surface area contributed by atoms with Crippen LogP contribution in [0, 0.1) is 13.8 Å². The van der Waals surface area contributed by atoms with E-state index in [9.17, 15) is 10.2 Å². The van der Waals surface area contributed by atoms with Gasteiger partial charge in [0.1, 0.15) is 12.4 Å². The second kappa shape index (κ2) is 13.2. The van der Waals surface area contributed by atoms with E-state index in [0.29, 0.717) is 25.7 Å². The minimum Gasteiger partial charge on any atom is -0.491 e. The molecule has 2 aromatic rings. The number of hydrogen-bond acceptors (Lipinski definition) is 4. The van der Waals surface area contributed by atoms with Crippen LogP contribution in [0.15, 0.2) is 42.5 Å². The zero-order valence-electron chi connectivity index (χ0n) is 22.6. The maximum Gasteiger partial charge on any atom is 0.122 e. The molecule has 0 heterocycles. The van der Waals surface area contributed by atoms with E-state index in [4.69, 9.17) is 9.84 Å². The second-order valence-corrected chi connectivity index (χ2v) is 9.82. The minimum atomic E-state index is -0.752. The Balaban J connectivity index is 2.32. The highest BCUT2D eigenvalue weighted by Crippen LogP contribution is 2.41. The monoisotopic (exact) mass is 482 g/mol. The Labute approximate surface area is 212 Å². The van der Waals surface area contributed by atoms with Gasteiger partial charge < -0.3 is 20.1 Å². The van der Waals surface area contributed by atoms with Crippen LogP contribution >= 0.6 is 0 Å². The van der Waals surface area contributed by atoms with Gasteiger partial charge in [-0.1, -0.05) is 70.2 Å². The highest BCUT2D eigenvalue weighted by Gasteiger charge is 2.31. The summed E-state index contributed by atoms with van der Waals surface area (Å²) < 4.78 is 5.88. The van der Waals surface area contributed by atoms with Gasteiger partial charge in [0.2, 0.25) is 0 Å². The summed E-state index contributed by atoms with van der Waals surface area (Å²) in [6.45, 7) is 13.0. The molecule has 0 saturated carbocycles. The van der Waals surface area contributed by atoms with Crippen LogP contribution in [0.3, 0.4) is 0 Å². The molecule has 1 atom stereocenters. The van der Waals surface area contributed by atoms with Crippen LogP contribution in [0.2, 0.25) is 0 Å². The smallest absolute Gasteiger partial charge is 0.122 e. The molecule has 0 aromatic heterocycles. The van der Waals surface area contributed by atoms with Gasteiger partial charge in [-0.2, -0.15) is 0 Å². The Bertz CT molecular complexity index is 954. The summed E-state index contributed by atoms with van der Waals surface area (Å²) in [5.41, 5.74) is 5.09. The van der Waals surface area contributed by atoms with Crippen LogP contribution in [0.5, 0.6) is 5.75 Å². The van der Waals surface area contributed by atoms with Crippen molar-refractivity contribution in [1.82, 2.24) is 0 Å². The first-order valence-corrected chi connectivity index (χ1v) is 13.2. The van der Waals surface area contributed by atoms with Gasteiger partial charge in [0.15, 0.2) is 0 Å². The first-order chi connectivity index (χ1) is 16.7. The lowest BCUT2D eigenvalue weighted by atomic mass is 9.70. The summed E-state index contributed by atoms with van der Waals surface area (Å²) in [7, 11) is 0. The normalized spacial score (nSPS) is 13.4. The predicted molar refractivity (Wildman–Crippen MR) is 146 cm³/mol. The van der Waals surface area contributed by atoms with E-state index >= 15 is 0 Å². The van der Waals surface area contributed by atoms with Crippen molar-refractivity contribution in [3.05, 3.63) is 70.3 Å². The van der Waals surface area contributed by atoms with Crippen molar-refractivity contribution < 1.29 is 20.1 Å². The maximum absolute atomic E-state index is 10.6. The lowest BCUT2D eigenvalue weighted by Crippen LogP contribution is -2.26. The van der Waals surface area contributed by atoms with Crippen molar-refractivity contribution in [2.45, 2.75) is 97.2 Å². The first kappa shape index (κ1) is 29.1. The molecule has 1 unspecified atom stereocenters. The van der Waals surface area contributed by atoms with Crippen molar-refractivity contribution in [3.63, 3.8) is 0 Å². The van der Waals surface area contributed by atoms with E-state index in [1.165, 1.54) is 16.7 Å². The van der Waals surface area contributed by atoms with Crippen molar-refractivity contribution in [2.75, 3.05) is 13.2 Å². The number of rotatable bonds is 14. The molecule has 0 aliphatic carbocycles. The van der Waals surface area contributed by atoms with Gasteiger partial charge in [0.25, 0.3) is 0 Å². The van der Waals surface area contributed by atoms with Gasteiger partial charge in [0.05, 0.1) is 11.7 Å². The summed E-state index contributed by atoms with van der Waals surface area (Å²) in [5.74, 6) is 0.786. The second-order valence-electron chi connectivity index (χ2n) is 9.82. The fourth-order valence-corrected chi connectivity index (χ4v) is 4.83. The van der Waals surface area contributed by atoms with E-state index in [0.717, 1.165) is 29.7 Å². The van der Waals surface area contributed by atoms with Gasteiger partial charge in [-0.15, -0.1) is 0 Å². The fourth-order valence-electron chi connectivity index (χ4n) is 4.83. The zero-order valence-corrected chi connectivity index (χ0v) is 22.6. The van der Waals surface area contributed by atoms with E-state index in [1.54, 1.807) is 0 Å². The van der Waals surface area contributed by atoms with Crippen molar-refractivity contribution in [3.8, 4) is 5.75 Å². The third kappa shape index (κ3) is 7.19. The molecule has 4 heteroatoms. The number of hydrogen-bond donors (Lipinski definition) is 3. The van der Waals surface area contributed by atoms with E-state index in [2.05, 4.69) is 64.1 Å². The number of benzene rings is 2. The molecule has 35 heavy (non-hydrogen) atoms. The number of ether oxygens (including phenoxy) is 1. The Morgan fingerprint density at radius 1 is 0.886 bits per heavy atom. The molecule has 2 aromatic carbocycles. The highest BCUT2D eigenvalue weighted by atomic mass is 16.5. The van der Waals surface area contributed by atoms with E-state index in [-0.39, 0.29) is 18.6 Å². The number of aliphatic hydroxyl groups is 3. The van der Waals surface area contributed by atoms with Crippen LogP contribution in [-0.4, -0.2) is 40.2 Å². The maximum atomic E-state index is 10.6. The molecule has 3 N–H and O–H groups in total. The highest BCUT2D eigenvalue weighted by molar-refractivity contribution is 5.57. The lowest BCUT2D eigenvalue weighted by molar-refractivity contribution is 0.0836. The molecule has 194 valence electrons. The van der Waals surface area contributed by atoms with Crippen molar-refractivity contribution >= 4 is 6.08 Å². The topological polar surface area (TPSA) is 69.9 Å². The van der Waals surface area contributed by atoms with Crippen LogP contribution in [0.25, 0.3) is 6.08 Å².